The third-order valence-corrected chi connectivity index (χ3v) is 3.17. The molecule has 2 nitrogen and oxygen atoms in total. The highest BCUT2D eigenvalue weighted by molar-refractivity contribution is 9.10. The lowest BCUT2D eigenvalue weighted by atomic mass is 10.0. The van der Waals surface area contributed by atoms with Gasteiger partial charge in [0, 0.05) is 4.47 Å². The van der Waals surface area contributed by atoms with Gasteiger partial charge in [-0.15, -0.1) is 0 Å². The summed E-state index contributed by atoms with van der Waals surface area (Å²) in [6.07, 6.45) is -5.35. The zero-order valence-electron chi connectivity index (χ0n) is 7.61. The predicted octanol–water partition coefficient (Wildman–Crippen LogP) is 3.75. The topological polar surface area (TPSA) is 37.3 Å². The molecule has 1 N–H and O–H groups in total. The molecule has 0 bridgehead atoms. The quantitative estimate of drug-likeness (QED) is 0.902. The van der Waals surface area contributed by atoms with E-state index in [4.69, 9.17) is 16.7 Å². The zero-order chi connectivity index (χ0) is 12.5. The summed E-state index contributed by atoms with van der Waals surface area (Å²) in [7, 11) is 0. The first kappa shape index (κ1) is 13.3. The average Bonchev–Trinajstić information content (AvgIpc) is 2.08. The molecule has 0 spiro atoms. The van der Waals surface area contributed by atoms with Crippen LogP contribution in [0, 0.1) is 0 Å². The number of alkyl halides is 3. The lowest BCUT2D eigenvalue weighted by Crippen LogP contribution is -2.13. The van der Waals surface area contributed by atoms with Crippen molar-refractivity contribution in [3.8, 4) is 0 Å². The summed E-state index contributed by atoms with van der Waals surface area (Å²) in [6.45, 7) is 0. The van der Waals surface area contributed by atoms with Gasteiger partial charge in [0.1, 0.15) is 0 Å². The van der Waals surface area contributed by atoms with Crippen molar-refractivity contribution in [3.05, 3.63) is 32.8 Å². The molecule has 0 amide bonds. The van der Waals surface area contributed by atoms with Crippen LogP contribution in [0.15, 0.2) is 16.6 Å². The van der Waals surface area contributed by atoms with Gasteiger partial charge in [0.05, 0.1) is 17.0 Å². The van der Waals surface area contributed by atoms with Gasteiger partial charge in [-0.1, -0.05) is 17.7 Å². The maximum Gasteiger partial charge on any atom is 0.417 e. The van der Waals surface area contributed by atoms with Crippen LogP contribution < -0.4 is 0 Å². The van der Waals surface area contributed by atoms with Crippen LogP contribution in [-0.2, 0) is 17.4 Å². The van der Waals surface area contributed by atoms with E-state index in [9.17, 15) is 18.0 Å². The van der Waals surface area contributed by atoms with Gasteiger partial charge in [-0.25, -0.2) is 0 Å². The molecule has 0 radical (unpaired) electrons. The molecule has 0 aliphatic rings. The van der Waals surface area contributed by atoms with Gasteiger partial charge in [-0.3, -0.25) is 4.79 Å². The SMILES string of the molecule is O=C(O)Cc1ccc(Cl)c(Br)c1C(F)(F)F. The first-order valence-corrected chi connectivity index (χ1v) is 5.16. The molecule has 0 fully saturated rings. The molecule has 16 heavy (non-hydrogen) atoms. The largest absolute Gasteiger partial charge is 0.481 e. The molecule has 1 rings (SSSR count). The third kappa shape index (κ3) is 2.89. The Balaban J connectivity index is 3.39. The van der Waals surface area contributed by atoms with Gasteiger partial charge in [-0.2, -0.15) is 13.2 Å². The van der Waals surface area contributed by atoms with Gasteiger partial charge in [0.15, 0.2) is 0 Å². The normalized spacial score (nSPS) is 11.6. The summed E-state index contributed by atoms with van der Waals surface area (Å²) in [5.74, 6) is -1.33. The van der Waals surface area contributed by atoms with E-state index < -0.39 is 24.1 Å². The van der Waals surface area contributed by atoms with Crippen LogP contribution in [0.5, 0.6) is 0 Å². The predicted molar refractivity (Wildman–Crippen MR) is 55.5 cm³/mol. The molecule has 1 aromatic rings. The molecule has 7 heteroatoms. The van der Waals surface area contributed by atoms with Crippen molar-refractivity contribution in [1.29, 1.82) is 0 Å². The number of aliphatic carboxylic acids is 1. The van der Waals surface area contributed by atoms with Crippen molar-refractivity contribution in [2.75, 3.05) is 0 Å². The summed E-state index contributed by atoms with van der Waals surface area (Å²) in [4.78, 5) is 10.4. The summed E-state index contributed by atoms with van der Waals surface area (Å²) in [6, 6.07) is 2.28. The van der Waals surface area contributed by atoms with Gasteiger partial charge in [0.25, 0.3) is 0 Å². The Hall–Kier alpha value is -0.750. The van der Waals surface area contributed by atoms with E-state index in [2.05, 4.69) is 15.9 Å². The molecule has 0 aliphatic carbocycles. The van der Waals surface area contributed by atoms with E-state index in [1.54, 1.807) is 0 Å². The smallest absolute Gasteiger partial charge is 0.417 e. The first-order valence-electron chi connectivity index (χ1n) is 3.99. The van der Waals surface area contributed by atoms with E-state index in [1.165, 1.54) is 6.07 Å². The van der Waals surface area contributed by atoms with E-state index >= 15 is 0 Å². The fourth-order valence-corrected chi connectivity index (χ4v) is 1.98. The highest BCUT2D eigenvalue weighted by Crippen LogP contribution is 2.40. The molecule has 0 saturated heterocycles. The Morgan fingerprint density at radius 2 is 2.00 bits per heavy atom. The number of benzene rings is 1. The van der Waals surface area contributed by atoms with Crippen LogP contribution in [-0.4, -0.2) is 11.1 Å². The van der Waals surface area contributed by atoms with E-state index in [0.717, 1.165) is 6.07 Å². The Morgan fingerprint density at radius 1 is 1.44 bits per heavy atom. The van der Waals surface area contributed by atoms with Crippen LogP contribution in [0.3, 0.4) is 0 Å². The second-order valence-corrected chi connectivity index (χ2v) is 4.16. The van der Waals surface area contributed by atoms with Gasteiger partial charge < -0.3 is 5.11 Å². The molecule has 0 unspecified atom stereocenters. The van der Waals surface area contributed by atoms with Crippen molar-refractivity contribution >= 4 is 33.5 Å². The molecule has 0 atom stereocenters. The molecular weight excluding hydrogens is 312 g/mol. The number of rotatable bonds is 2. The zero-order valence-corrected chi connectivity index (χ0v) is 9.95. The minimum Gasteiger partial charge on any atom is -0.481 e. The molecule has 1 aromatic carbocycles. The summed E-state index contributed by atoms with van der Waals surface area (Å²) in [5, 5.41) is 8.39. The summed E-state index contributed by atoms with van der Waals surface area (Å²) >= 11 is 8.25. The number of carbonyl (C=O) groups is 1. The number of halogens is 5. The lowest BCUT2D eigenvalue weighted by molar-refractivity contribution is -0.140. The van der Waals surface area contributed by atoms with Crippen molar-refractivity contribution in [2.45, 2.75) is 12.6 Å². The van der Waals surface area contributed by atoms with Crippen LogP contribution in [0.2, 0.25) is 5.02 Å². The summed E-state index contributed by atoms with van der Waals surface area (Å²) < 4.78 is 37.6. The second kappa shape index (κ2) is 4.63. The monoisotopic (exact) mass is 316 g/mol. The third-order valence-electron chi connectivity index (χ3n) is 1.81. The number of hydrogen-bond acceptors (Lipinski definition) is 1. The first-order chi connectivity index (χ1) is 7.23. The van der Waals surface area contributed by atoms with Crippen molar-refractivity contribution in [2.24, 2.45) is 0 Å². The Bertz CT molecular complexity index is 431. The number of carboxylic acid groups (broad SMARTS) is 1. The molecule has 0 saturated carbocycles. The molecule has 0 heterocycles. The molecule has 88 valence electrons. The van der Waals surface area contributed by atoms with Crippen LogP contribution >= 0.6 is 27.5 Å². The molecule has 0 aromatic heterocycles. The second-order valence-electron chi connectivity index (χ2n) is 2.96. The Morgan fingerprint density at radius 3 is 2.44 bits per heavy atom. The van der Waals surface area contributed by atoms with Gasteiger partial charge in [-0.05, 0) is 27.6 Å². The van der Waals surface area contributed by atoms with Crippen molar-refractivity contribution < 1.29 is 23.1 Å². The van der Waals surface area contributed by atoms with E-state index in [-0.39, 0.29) is 15.1 Å². The van der Waals surface area contributed by atoms with E-state index in [1.807, 2.05) is 0 Å². The van der Waals surface area contributed by atoms with Crippen LogP contribution in [0.1, 0.15) is 11.1 Å². The van der Waals surface area contributed by atoms with Crippen molar-refractivity contribution in [1.82, 2.24) is 0 Å². The maximum atomic E-state index is 12.7. The van der Waals surface area contributed by atoms with E-state index in [0.29, 0.717) is 0 Å². The fraction of sp³-hybridized carbons (Fsp3) is 0.222. The van der Waals surface area contributed by atoms with Crippen LogP contribution in [0.25, 0.3) is 0 Å². The van der Waals surface area contributed by atoms with Crippen molar-refractivity contribution in [3.63, 3.8) is 0 Å². The fourth-order valence-electron chi connectivity index (χ4n) is 1.21. The Kier molecular flexibility index (Phi) is 3.85. The minimum atomic E-state index is -4.64. The van der Waals surface area contributed by atoms with Gasteiger partial charge >= 0.3 is 12.1 Å². The number of hydrogen-bond donors (Lipinski definition) is 1. The lowest BCUT2D eigenvalue weighted by Gasteiger charge is -2.14. The highest BCUT2D eigenvalue weighted by atomic mass is 79.9. The maximum absolute atomic E-state index is 12.7. The highest BCUT2D eigenvalue weighted by Gasteiger charge is 2.36. The van der Waals surface area contributed by atoms with Gasteiger partial charge in [0.2, 0.25) is 0 Å². The average molecular weight is 317 g/mol. The molecular formula is C9H5BrClF3O2. The number of carboxylic acids is 1. The van der Waals surface area contributed by atoms with Crippen LogP contribution in [0.4, 0.5) is 13.2 Å². The standard InChI is InChI=1S/C9H5BrClF3O2/c10-8-5(11)2-1-4(3-6(15)16)7(8)9(12,13)14/h1-2H,3H2,(H,15,16). The minimum absolute atomic E-state index is 0.110. The summed E-state index contributed by atoms with van der Waals surface area (Å²) in [5.41, 5.74) is -1.36. The molecule has 0 aliphatic heterocycles. The Labute approximate surface area is 102 Å².